The monoisotopic (exact) mass is 426 g/mol. The highest BCUT2D eigenvalue weighted by atomic mass is 32.2. The van der Waals surface area contributed by atoms with Gasteiger partial charge < -0.3 is 10.2 Å². The molecular formula is C20H19FN6O2S. The van der Waals surface area contributed by atoms with Crippen molar-refractivity contribution in [3.8, 4) is 0 Å². The van der Waals surface area contributed by atoms with Crippen LogP contribution in [0.15, 0.2) is 53.6 Å². The van der Waals surface area contributed by atoms with Gasteiger partial charge in [0.2, 0.25) is 5.95 Å². The number of hydrogen-bond acceptors (Lipinski definition) is 7. The molecule has 2 heterocycles. The number of H-pyrrole nitrogens is 1. The van der Waals surface area contributed by atoms with Gasteiger partial charge in [0, 0.05) is 30.1 Å². The van der Waals surface area contributed by atoms with Gasteiger partial charge in [-0.15, -0.1) is 0 Å². The Morgan fingerprint density at radius 3 is 2.57 bits per heavy atom. The minimum atomic E-state index is -3.28. The van der Waals surface area contributed by atoms with E-state index in [1.54, 1.807) is 24.1 Å². The number of sulfone groups is 1. The van der Waals surface area contributed by atoms with Crippen molar-refractivity contribution in [3.63, 3.8) is 0 Å². The minimum Gasteiger partial charge on any atom is -0.327 e. The van der Waals surface area contributed by atoms with Gasteiger partial charge in [-0.05, 0) is 49.4 Å². The van der Waals surface area contributed by atoms with E-state index < -0.39 is 15.7 Å². The highest BCUT2D eigenvalue weighted by Crippen LogP contribution is 2.28. The Balaban J connectivity index is 1.62. The summed E-state index contributed by atoms with van der Waals surface area (Å²) in [6.45, 7) is 1.91. The molecule has 10 heteroatoms. The summed E-state index contributed by atoms with van der Waals surface area (Å²) < 4.78 is 37.6. The van der Waals surface area contributed by atoms with Crippen LogP contribution in [-0.2, 0) is 9.84 Å². The van der Waals surface area contributed by atoms with Crippen LogP contribution in [0.2, 0.25) is 0 Å². The van der Waals surface area contributed by atoms with Crippen LogP contribution in [0.25, 0.3) is 10.9 Å². The van der Waals surface area contributed by atoms with Crippen LogP contribution < -0.4 is 10.2 Å². The molecule has 0 saturated carbocycles. The number of rotatable bonds is 5. The third-order valence-corrected chi connectivity index (χ3v) is 5.83. The summed E-state index contributed by atoms with van der Waals surface area (Å²) in [7, 11) is -1.57. The number of fused-ring (bicyclic) bond motifs is 1. The lowest BCUT2D eigenvalue weighted by Gasteiger charge is -2.19. The maximum Gasteiger partial charge on any atom is 0.229 e. The van der Waals surface area contributed by atoms with Crippen LogP contribution >= 0.6 is 0 Å². The zero-order chi connectivity index (χ0) is 21.5. The van der Waals surface area contributed by atoms with Crippen molar-refractivity contribution in [1.29, 1.82) is 0 Å². The molecule has 154 valence electrons. The van der Waals surface area contributed by atoms with Crippen LogP contribution in [0, 0.1) is 12.7 Å². The zero-order valence-corrected chi connectivity index (χ0v) is 17.3. The summed E-state index contributed by atoms with van der Waals surface area (Å²) in [5, 5.41) is 11.1. The number of aromatic amines is 1. The van der Waals surface area contributed by atoms with Gasteiger partial charge in [-0.1, -0.05) is 0 Å². The molecule has 0 fully saturated rings. The number of benzene rings is 2. The molecule has 0 aliphatic rings. The summed E-state index contributed by atoms with van der Waals surface area (Å²) in [6, 6.07) is 11.8. The fourth-order valence-corrected chi connectivity index (χ4v) is 3.67. The second kappa shape index (κ2) is 7.38. The number of anilines is 4. The summed E-state index contributed by atoms with van der Waals surface area (Å²) in [6.07, 6.45) is 2.23. The van der Waals surface area contributed by atoms with E-state index in [1.807, 2.05) is 25.1 Å². The normalized spacial score (nSPS) is 11.6. The first-order chi connectivity index (χ1) is 14.2. The van der Waals surface area contributed by atoms with E-state index in [0.29, 0.717) is 5.69 Å². The SMILES string of the molecule is Cc1n[nH]c2cc(N(C)c3nc(Nc4ccc(S(C)(=O)=O)cc4)ncc3F)ccc12. The van der Waals surface area contributed by atoms with Gasteiger partial charge in [0.05, 0.1) is 22.3 Å². The van der Waals surface area contributed by atoms with Crippen LogP contribution in [0.4, 0.5) is 27.5 Å². The van der Waals surface area contributed by atoms with Crippen LogP contribution in [-0.4, -0.2) is 41.9 Å². The molecule has 0 bridgehead atoms. The summed E-state index contributed by atoms with van der Waals surface area (Å²) in [4.78, 5) is 10.1. The van der Waals surface area contributed by atoms with Crippen molar-refractivity contribution < 1.29 is 12.8 Å². The number of aryl methyl sites for hydroxylation is 1. The number of halogens is 1. The summed E-state index contributed by atoms with van der Waals surface area (Å²) in [5.41, 5.74) is 3.04. The highest BCUT2D eigenvalue weighted by Gasteiger charge is 2.15. The van der Waals surface area contributed by atoms with E-state index in [0.717, 1.165) is 34.7 Å². The van der Waals surface area contributed by atoms with Crippen molar-refractivity contribution in [2.75, 3.05) is 23.5 Å². The number of aromatic nitrogens is 4. The molecule has 0 saturated heterocycles. The molecule has 0 aliphatic heterocycles. The van der Waals surface area contributed by atoms with Crippen LogP contribution in [0.3, 0.4) is 0 Å². The Morgan fingerprint density at radius 1 is 1.13 bits per heavy atom. The Morgan fingerprint density at radius 2 is 1.87 bits per heavy atom. The first-order valence-electron chi connectivity index (χ1n) is 9.00. The molecule has 8 nitrogen and oxygen atoms in total. The van der Waals surface area contributed by atoms with Crippen LogP contribution in [0.5, 0.6) is 0 Å². The third kappa shape index (κ3) is 3.81. The van der Waals surface area contributed by atoms with Gasteiger partial charge in [-0.25, -0.2) is 17.8 Å². The number of nitrogens with zero attached hydrogens (tertiary/aromatic N) is 4. The predicted octanol–water partition coefficient (Wildman–Crippen LogP) is 3.72. The van der Waals surface area contributed by atoms with Gasteiger partial charge in [-0.2, -0.15) is 10.1 Å². The van der Waals surface area contributed by atoms with Gasteiger partial charge in [0.15, 0.2) is 21.5 Å². The van der Waals surface area contributed by atoms with Gasteiger partial charge in [0.25, 0.3) is 0 Å². The average Bonchev–Trinajstić information content (AvgIpc) is 3.09. The van der Waals surface area contributed by atoms with Crippen molar-refractivity contribution >= 4 is 43.9 Å². The fraction of sp³-hybridized carbons (Fsp3) is 0.150. The zero-order valence-electron chi connectivity index (χ0n) is 16.5. The molecule has 0 radical (unpaired) electrons. The predicted molar refractivity (Wildman–Crippen MR) is 114 cm³/mol. The largest absolute Gasteiger partial charge is 0.327 e. The van der Waals surface area contributed by atoms with Crippen LogP contribution in [0.1, 0.15) is 5.69 Å². The maximum absolute atomic E-state index is 14.5. The highest BCUT2D eigenvalue weighted by molar-refractivity contribution is 7.90. The molecule has 0 atom stereocenters. The van der Waals surface area contributed by atoms with Gasteiger partial charge in [0.1, 0.15) is 0 Å². The Labute approximate surface area is 172 Å². The summed E-state index contributed by atoms with van der Waals surface area (Å²) in [5.74, 6) is -0.295. The molecule has 0 aliphatic carbocycles. The van der Waals surface area contributed by atoms with E-state index in [-0.39, 0.29) is 16.7 Å². The number of nitrogens with one attached hydrogen (secondary N) is 2. The van der Waals surface area contributed by atoms with E-state index >= 15 is 0 Å². The molecule has 4 rings (SSSR count). The van der Waals surface area contributed by atoms with E-state index in [9.17, 15) is 12.8 Å². The molecule has 2 aromatic carbocycles. The number of hydrogen-bond donors (Lipinski definition) is 2. The second-order valence-electron chi connectivity index (χ2n) is 6.88. The summed E-state index contributed by atoms with van der Waals surface area (Å²) >= 11 is 0. The van der Waals surface area contributed by atoms with Gasteiger partial charge in [-0.3, -0.25) is 5.10 Å². The minimum absolute atomic E-state index is 0.0934. The molecular weight excluding hydrogens is 407 g/mol. The van der Waals surface area contributed by atoms with Crippen molar-refractivity contribution in [2.45, 2.75) is 11.8 Å². The first kappa shape index (κ1) is 19.8. The molecule has 2 aromatic heterocycles. The van der Waals surface area contributed by atoms with E-state index in [1.165, 1.54) is 12.1 Å². The molecule has 4 aromatic rings. The first-order valence-corrected chi connectivity index (χ1v) is 10.9. The lowest BCUT2D eigenvalue weighted by molar-refractivity contribution is 0.602. The lowest BCUT2D eigenvalue weighted by atomic mass is 10.2. The maximum atomic E-state index is 14.5. The van der Waals surface area contributed by atoms with E-state index in [2.05, 4.69) is 25.5 Å². The standard InChI is InChI=1S/C20H19FN6O2S/c1-12-16-9-6-14(10-18(16)26-25-12)27(2)19-17(21)11-22-20(24-19)23-13-4-7-15(8-5-13)30(3,28)29/h4-11H,1-3H3,(H,25,26)(H,22,23,24). The van der Waals surface area contributed by atoms with Crippen molar-refractivity contribution in [3.05, 3.63) is 60.2 Å². The quantitative estimate of drug-likeness (QED) is 0.501. The molecule has 0 spiro atoms. The molecule has 0 amide bonds. The average molecular weight is 426 g/mol. The third-order valence-electron chi connectivity index (χ3n) is 4.71. The molecule has 0 unspecified atom stereocenters. The lowest BCUT2D eigenvalue weighted by Crippen LogP contribution is -2.14. The smallest absolute Gasteiger partial charge is 0.229 e. The molecule has 30 heavy (non-hydrogen) atoms. The van der Waals surface area contributed by atoms with Crippen molar-refractivity contribution in [1.82, 2.24) is 20.2 Å². The Hall–Kier alpha value is -3.53. The topological polar surface area (TPSA) is 104 Å². The fourth-order valence-electron chi connectivity index (χ4n) is 3.04. The van der Waals surface area contributed by atoms with E-state index in [4.69, 9.17) is 0 Å². The molecule has 2 N–H and O–H groups in total. The Bertz CT molecular complexity index is 1340. The Kier molecular flexibility index (Phi) is 4.86. The second-order valence-corrected chi connectivity index (χ2v) is 8.90. The van der Waals surface area contributed by atoms with Crippen molar-refractivity contribution in [2.24, 2.45) is 0 Å². The van der Waals surface area contributed by atoms with Gasteiger partial charge >= 0.3 is 0 Å².